The van der Waals surface area contributed by atoms with Crippen molar-refractivity contribution in [2.24, 2.45) is 0 Å². The lowest BCUT2D eigenvalue weighted by Crippen LogP contribution is -2.45. The van der Waals surface area contributed by atoms with E-state index in [2.05, 4.69) is 43.5 Å². The molecule has 0 aliphatic rings. The molecule has 3 N–H and O–H groups in total. The molecule has 2 atom stereocenters. The van der Waals surface area contributed by atoms with Crippen LogP contribution < -0.4 is 5.32 Å². The SMILES string of the molecule is CCCCC/C=C\C/C=C\CCCCCCCCCCCC(=O)OCCCCCCCCCCCCCCCCCCC(=O)NC(CO)C(O)CCCCCCCCCCC. The van der Waals surface area contributed by atoms with E-state index < -0.39 is 12.1 Å². The van der Waals surface area contributed by atoms with E-state index >= 15 is 0 Å². The lowest BCUT2D eigenvalue weighted by molar-refractivity contribution is -0.143. The standard InChI is InChI=1S/C55H105NO5/c1-3-5-7-9-11-13-14-15-16-17-18-19-23-26-29-33-37-41-45-49-55(60)61-50-46-42-38-34-30-27-24-21-20-22-25-28-32-36-40-44-48-54(59)56-52(51-57)53(58)47-43-39-35-31-12-10-8-6-4-2/h11,13,15-16,52-53,57-58H,3-10,12,14,17-51H2,1-2H3,(H,56,59)/b13-11-,16-15-. The molecule has 360 valence electrons. The van der Waals surface area contributed by atoms with E-state index in [1.54, 1.807) is 0 Å². The highest BCUT2D eigenvalue weighted by molar-refractivity contribution is 5.76. The van der Waals surface area contributed by atoms with Crippen molar-refractivity contribution in [3.63, 3.8) is 0 Å². The second-order valence-corrected chi connectivity index (χ2v) is 18.6. The van der Waals surface area contributed by atoms with Gasteiger partial charge < -0.3 is 20.3 Å². The van der Waals surface area contributed by atoms with E-state index in [0.717, 1.165) is 51.4 Å². The summed E-state index contributed by atoms with van der Waals surface area (Å²) in [5.41, 5.74) is 0. The fourth-order valence-corrected chi connectivity index (χ4v) is 8.32. The first-order valence-corrected chi connectivity index (χ1v) is 27.1. The van der Waals surface area contributed by atoms with Gasteiger partial charge in [0.1, 0.15) is 0 Å². The van der Waals surface area contributed by atoms with E-state index in [9.17, 15) is 19.8 Å². The zero-order valence-electron chi connectivity index (χ0n) is 40.9. The number of aliphatic hydroxyl groups is 2. The van der Waals surface area contributed by atoms with Crippen LogP contribution in [0.15, 0.2) is 24.3 Å². The first-order valence-electron chi connectivity index (χ1n) is 27.1. The van der Waals surface area contributed by atoms with E-state index in [1.165, 1.54) is 205 Å². The molecule has 2 unspecified atom stereocenters. The number of amides is 1. The van der Waals surface area contributed by atoms with Crippen LogP contribution in [0.2, 0.25) is 0 Å². The molecule has 0 radical (unpaired) electrons. The second-order valence-electron chi connectivity index (χ2n) is 18.6. The summed E-state index contributed by atoms with van der Waals surface area (Å²) < 4.78 is 5.48. The van der Waals surface area contributed by atoms with Gasteiger partial charge in [-0.3, -0.25) is 9.59 Å². The summed E-state index contributed by atoms with van der Waals surface area (Å²) in [6, 6.07) is -0.544. The lowest BCUT2D eigenvalue weighted by Gasteiger charge is -2.22. The lowest BCUT2D eigenvalue weighted by atomic mass is 10.0. The summed E-state index contributed by atoms with van der Waals surface area (Å²) in [6.07, 6.45) is 60.2. The topological polar surface area (TPSA) is 95.9 Å². The number of rotatable bonds is 50. The highest BCUT2D eigenvalue weighted by atomic mass is 16.5. The molecule has 0 aliphatic carbocycles. The molecular weight excluding hydrogens is 755 g/mol. The molecule has 0 aliphatic heterocycles. The van der Waals surface area contributed by atoms with Crippen LogP contribution in [0.25, 0.3) is 0 Å². The number of aliphatic hydroxyl groups excluding tert-OH is 2. The van der Waals surface area contributed by atoms with Crippen molar-refractivity contribution in [3.05, 3.63) is 24.3 Å². The van der Waals surface area contributed by atoms with Crippen molar-refractivity contribution < 1.29 is 24.5 Å². The highest BCUT2D eigenvalue weighted by Crippen LogP contribution is 2.17. The van der Waals surface area contributed by atoms with Gasteiger partial charge in [0.15, 0.2) is 0 Å². The molecule has 6 heteroatoms. The summed E-state index contributed by atoms with van der Waals surface area (Å²) in [4.78, 5) is 24.5. The average molecular weight is 860 g/mol. The van der Waals surface area contributed by atoms with Gasteiger partial charge in [-0.1, -0.05) is 244 Å². The third kappa shape index (κ3) is 47.7. The van der Waals surface area contributed by atoms with E-state index in [4.69, 9.17) is 4.74 Å². The van der Waals surface area contributed by atoms with Gasteiger partial charge in [0.2, 0.25) is 5.91 Å². The zero-order chi connectivity index (χ0) is 44.4. The Morgan fingerprint density at radius 3 is 1.28 bits per heavy atom. The molecule has 0 aromatic rings. The Balaban J connectivity index is 3.38. The van der Waals surface area contributed by atoms with E-state index in [-0.39, 0.29) is 18.5 Å². The minimum atomic E-state index is -0.666. The van der Waals surface area contributed by atoms with Gasteiger partial charge in [0.25, 0.3) is 0 Å². The molecule has 61 heavy (non-hydrogen) atoms. The maximum absolute atomic E-state index is 12.4. The number of carbonyl (C=O) groups is 2. The number of nitrogens with one attached hydrogen (secondary N) is 1. The van der Waals surface area contributed by atoms with Gasteiger partial charge in [0, 0.05) is 12.8 Å². The van der Waals surface area contributed by atoms with Crippen LogP contribution in [0.5, 0.6) is 0 Å². The first-order chi connectivity index (χ1) is 30.0. The minimum absolute atomic E-state index is 0.000860. The van der Waals surface area contributed by atoms with Gasteiger partial charge >= 0.3 is 5.97 Å². The Morgan fingerprint density at radius 1 is 0.459 bits per heavy atom. The van der Waals surface area contributed by atoms with Gasteiger partial charge in [-0.15, -0.1) is 0 Å². The summed E-state index contributed by atoms with van der Waals surface area (Å²) in [5, 5.41) is 23.1. The van der Waals surface area contributed by atoms with E-state index in [1.807, 2.05) is 0 Å². The molecule has 0 saturated heterocycles. The largest absolute Gasteiger partial charge is 0.466 e. The van der Waals surface area contributed by atoms with Gasteiger partial charge in [-0.25, -0.2) is 0 Å². The Hall–Kier alpha value is -1.66. The Bertz CT molecular complexity index is 951. The molecule has 0 rings (SSSR count). The maximum Gasteiger partial charge on any atom is 0.305 e. The van der Waals surface area contributed by atoms with Crippen molar-refractivity contribution in [3.8, 4) is 0 Å². The molecule has 6 nitrogen and oxygen atoms in total. The van der Waals surface area contributed by atoms with Crippen LogP contribution in [-0.4, -0.2) is 47.4 Å². The number of hydrogen-bond acceptors (Lipinski definition) is 5. The van der Waals surface area contributed by atoms with Gasteiger partial charge in [-0.2, -0.15) is 0 Å². The summed E-state index contributed by atoms with van der Waals surface area (Å²) >= 11 is 0. The molecular formula is C55H105NO5. The van der Waals surface area contributed by atoms with Crippen LogP contribution in [0.4, 0.5) is 0 Å². The molecule has 0 fully saturated rings. The number of carbonyl (C=O) groups excluding carboxylic acids is 2. The zero-order valence-corrected chi connectivity index (χ0v) is 40.9. The van der Waals surface area contributed by atoms with Crippen LogP contribution in [-0.2, 0) is 14.3 Å². The molecule has 0 aromatic heterocycles. The summed E-state index contributed by atoms with van der Waals surface area (Å²) in [6.45, 7) is 4.89. The van der Waals surface area contributed by atoms with E-state index in [0.29, 0.717) is 25.9 Å². The van der Waals surface area contributed by atoms with Crippen molar-refractivity contribution in [1.82, 2.24) is 5.32 Å². The molecule has 0 heterocycles. The average Bonchev–Trinajstić information content (AvgIpc) is 3.26. The number of esters is 1. The fraction of sp³-hybridized carbons (Fsp3) is 0.891. The third-order valence-corrected chi connectivity index (χ3v) is 12.5. The monoisotopic (exact) mass is 860 g/mol. The van der Waals surface area contributed by atoms with Crippen molar-refractivity contribution >= 4 is 11.9 Å². The molecule has 1 amide bonds. The molecule has 0 aromatic carbocycles. The van der Waals surface area contributed by atoms with Crippen molar-refractivity contribution in [2.45, 2.75) is 302 Å². The predicted octanol–water partition coefficient (Wildman–Crippen LogP) is 16.3. The van der Waals surface area contributed by atoms with Gasteiger partial charge in [-0.05, 0) is 57.8 Å². The minimum Gasteiger partial charge on any atom is -0.466 e. The van der Waals surface area contributed by atoms with Crippen LogP contribution in [0.3, 0.4) is 0 Å². The Morgan fingerprint density at radius 2 is 0.820 bits per heavy atom. The second kappa shape index (κ2) is 51.0. The number of hydrogen-bond donors (Lipinski definition) is 3. The number of ether oxygens (including phenoxy) is 1. The van der Waals surface area contributed by atoms with Crippen molar-refractivity contribution in [1.29, 1.82) is 0 Å². The predicted molar refractivity (Wildman–Crippen MR) is 264 cm³/mol. The number of unbranched alkanes of at least 4 members (excludes halogenated alkanes) is 35. The smallest absolute Gasteiger partial charge is 0.305 e. The quantitative estimate of drug-likeness (QED) is 0.0322. The Kier molecular flexibility index (Phi) is 49.6. The number of allylic oxidation sites excluding steroid dienone is 4. The summed E-state index contributed by atoms with van der Waals surface area (Å²) in [5.74, 6) is -0.0451. The summed E-state index contributed by atoms with van der Waals surface area (Å²) in [7, 11) is 0. The third-order valence-electron chi connectivity index (χ3n) is 12.5. The molecule has 0 bridgehead atoms. The van der Waals surface area contributed by atoms with Crippen LogP contribution in [0, 0.1) is 0 Å². The van der Waals surface area contributed by atoms with Crippen LogP contribution >= 0.6 is 0 Å². The van der Waals surface area contributed by atoms with Gasteiger partial charge in [0.05, 0.1) is 25.4 Å². The van der Waals surface area contributed by atoms with Crippen molar-refractivity contribution in [2.75, 3.05) is 13.2 Å². The molecule has 0 spiro atoms. The normalized spacial score (nSPS) is 12.8. The maximum atomic E-state index is 12.4. The molecule has 0 saturated carbocycles. The highest BCUT2D eigenvalue weighted by Gasteiger charge is 2.20. The fourth-order valence-electron chi connectivity index (χ4n) is 8.32. The first kappa shape index (κ1) is 59.3. The van der Waals surface area contributed by atoms with Crippen LogP contribution in [0.1, 0.15) is 290 Å². The Labute approximate surface area is 380 Å².